The summed E-state index contributed by atoms with van der Waals surface area (Å²) in [5, 5.41) is 2.78. The first kappa shape index (κ1) is 18.5. The van der Waals surface area contributed by atoms with Crippen LogP contribution in [0, 0.1) is 0 Å². The highest BCUT2D eigenvalue weighted by Crippen LogP contribution is 2.14. The molecule has 0 saturated heterocycles. The summed E-state index contributed by atoms with van der Waals surface area (Å²) < 4.78 is 5.27. The molecular weight excluding hydrogens is 303 g/mol. The van der Waals surface area contributed by atoms with Gasteiger partial charge in [0.2, 0.25) is 0 Å². The van der Waals surface area contributed by atoms with Gasteiger partial charge in [-0.3, -0.25) is 9.88 Å². The predicted molar refractivity (Wildman–Crippen MR) is 80.5 cm³/mol. The van der Waals surface area contributed by atoms with E-state index in [-0.39, 0.29) is 37.1 Å². The molecule has 112 valence electrons. The van der Waals surface area contributed by atoms with Crippen LogP contribution in [-0.4, -0.2) is 28.7 Å². The van der Waals surface area contributed by atoms with Crippen molar-refractivity contribution in [3.63, 3.8) is 0 Å². The molecule has 0 fully saturated rings. The Morgan fingerprint density at radius 1 is 1.45 bits per heavy atom. The third-order valence-corrected chi connectivity index (χ3v) is 2.56. The molecule has 1 aromatic rings. The first-order chi connectivity index (χ1) is 8.81. The third kappa shape index (κ3) is 4.88. The van der Waals surface area contributed by atoms with E-state index in [9.17, 15) is 4.79 Å². The summed E-state index contributed by atoms with van der Waals surface area (Å²) in [6.07, 6.45) is 5.09. The minimum absolute atomic E-state index is 0. The first-order valence-corrected chi connectivity index (χ1v) is 5.79. The van der Waals surface area contributed by atoms with Crippen LogP contribution in [0.4, 0.5) is 4.79 Å². The molecule has 0 aliphatic carbocycles. The van der Waals surface area contributed by atoms with Crippen LogP contribution >= 0.6 is 24.8 Å². The van der Waals surface area contributed by atoms with Crippen molar-refractivity contribution >= 4 is 30.8 Å². The molecule has 0 aromatic carbocycles. The summed E-state index contributed by atoms with van der Waals surface area (Å²) in [4.78, 5) is 17.5. The van der Waals surface area contributed by atoms with Gasteiger partial charge >= 0.3 is 6.03 Å². The summed E-state index contributed by atoms with van der Waals surface area (Å²) in [5.74, 6) is 0. The molecule has 0 saturated carbocycles. The van der Waals surface area contributed by atoms with Gasteiger partial charge in [-0.25, -0.2) is 4.79 Å². The Hall–Kier alpha value is -1.50. The number of nitrogens with two attached hydrogens (primary N) is 1. The van der Waals surface area contributed by atoms with Crippen molar-refractivity contribution in [3.8, 4) is 0 Å². The first-order valence-electron chi connectivity index (χ1n) is 5.79. The van der Waals surface area contributed by atoms with E-state index in [0.717, 1.165) is 5.69 Å². The van der Waals surface area contributed by atoms with Crippen LogP contribution in [0.3, 0.4) is 0 Å². The second-order valence-corrected chi connectivity index (χ2v) is 3.84. The van der Waals surface area contributed by atoms with Gasteiger partial charge in [0.05, 0.1) is 12.2 Å². The number of halogens is 2. The second-order valence-electron chi connectivity index (χ2n) is 3.84. The van der Waals surface area contributed by atoms with Crippen LogP contribution < -0.4 is 11.1 Å². The molecule has 0 bridgehead atoms. The van der Waals surface area contributed by atoms with Crippen molar-refractivity contribution in [2.75, 3.05) is 6.54 Å². The molecule has 6 nitrogen and oxygen atoms in total. The molecule has 2 amide bonds. The zero-order valence-electron chi connectivity index (χ0n) is 10.8. The van der Waals surface area contributed by atoms with Crippen LogP contribution in [0.2, 0.25) is 0 Å². The average Bonchev–Trinajstić information content (AvgIpc) is 2.86. The molecule has 3 N–H and O–H groups in total. The molecule has 0 radical (unpaired) electrons. The number of nitrogens with zero attached hydrogens (tertiary/aromatic N) is 2. The van der Waals surface area contributed by atoms with E-state index in [2.05, 4.69) is 10.3 Å². The molecule has 0 spiro atoms. The van der Waals surface area contributed by atoms with Crippen molar-refractivity contribution in [2.45, 2.75) is 19.2 Å². The maximum atomic E-state index is 11.9. The molecule has 8 heteroatoms. The summed E-state index contributed by atoms with van der Waals surface area (Å²) in [5.41, 5.74) is 6.27. The number of pyridine rings is 1. The molecule has 20 heavy (non-hydrogen) atoms. The van der Waals surface area contributed by atoms with Gasteiger partial charge in [-0.15, -0.1) is 24.8 Å². The number of carbonyl (C=O) groups is 1. The quantitative estimate of drug-likeness (QED) is 0.883. The molecule has 1 aliphatic rings. The highest BCUT2D eigenvalue weighted by molar-refractivity contribution is 5.85. The van der Waals surface area contributed by atoms with Crippen LogP contribution in [0.15, 0.2) is 36.9 Å². The molecule has 2 heterocycles. The fraction of sp³-hybridized carbons (Fsp3) is 0.333. The standard InChI is InChI=1S/C12H16N4O2.2ClH/c13-5-4-11-16(7-8-18-11)12(17)15-9-10-3-1-2-6-14-10;;/h1-3,6-8,11H,4-5,9,13H2,(H,15,17);2*1H. The van der Waals surface area contributed by atoms with Crippen LogP contribution in [-0.2, 0) is 11.3 Å². The molecular formula is C12H18Cl2N4O2. The zero-order valence-corrected chi connectivity index (χ0v) is 12.4. The second kappa shape index (κ2) is 9.41. The number of rotatable bonds is 4. The number of nitrogens with one attached hydrogen (secondary N) is 1. The largest absolute Gasteiger partial charge is 0.476 e. The van der Waals surface area contributed by atoms with Gasteiger partial charge in [-0.1, -0.05) is 6.07 Å². The van der Waals surface area contributed by atoms with Gasteiger partial charge in [-0.2, -0.15) is 0 Å². The number of aromatic nitrogens is 1. The molecule has 2 rings (SSSR count). The van der Waals surface area contributed by atoms with Gasteiger partial charge in [-0.05, 0) is 18.7 Å². The van der Waals surface area contributed by atoms with Crippen molar-refractivity contribution in [3.05, 3.63) is 42.6 Å². The Morgan fingerprint density at radius 3 is 2.90 bits per heavy atom. The molecule has 1 atom stereocenters. The third-order valence-electron chi connectivity index (χ3n) is 2.56. The summed E-state index contributed by atoms with van der Waals surface area (Å²) in [7, 11) is 0. The van der Waals surface area contributed by atoms with E-state index < -0.39 is 0 Å². The summed E-state index contributed by atoms with van der Waals surface area (Å²) in [6, 6.07) is 5.35. The van der Waals surface area contributed by atoms with Gasteiger partial charge in [0.25, 0.3) is 0 Å². The van der Waals surface area contributed by atoms with Crippen molar-refractivity contribution < 1.29 is 9.53 Å². The number of hydrogen-bond acceptors (Lipinski definition) is 4. The fourth-order valence-corrected chi connectivity index (χ4v) is 1.66. The average molecular weight is 321 g/mol. The SMILES string of the molecule is Cl.Cl.NCCC1OC=CN1C(=O)NCc1ccccn1. The Labute approximate surface area is 130 Å². The Bertz CT molecular complexity index is 431. The lowest BCUT2D eigenvalue weighted by atomic mass is 10.3. The van der Waals surface area contributed by atoms with Gasteiger partial charge < -0.3 is 15.8 Å². The minimum atomic E-state index is -0.307. The van der Waals surface area contributed by atoms with Crippen molar-refractivity contribution in [2.24, 2.45) is 5.73 Å². The van der Waals surface area contributed by atoms with Crippen molar-refractivity contribution in [1.82, 2.24) is 15.2 Å². The normalized spacial score (nSPS) is 15.8. The number of urea groups is 1. The fourth-order valence-electron chi connectivity index (χ4n) is 1.66. The maximum absolute atomic E-state index is 11.9. The van der Waals surface area contributed by atoms with E-state index in [1.54, 1.807) is 12.4 Å². The van der Waals surface area contributed by atoms with Gasteiger partial charge in [0, 0.05) is 18.8 Å². The lowest BCUT2D eigenvalue weighted by Crippen LogP contribution is -2.41. The van der Waals surface area contributed by atoms with Gasteiger partial charge in [0.15, 0.2) is 6.23 Å². The van der Waals surface area contributed by atoms with Crippen LogP contribution in [0.5, 0.6) is 0 Å². The monoisotopic (exact) mass is 320 g/mol. The Balaban J connectivity index is 0.00000180. The number of amides is 2. The number of ether oxygens (including phenoxy) is 1. The Kier molecular flexibility index (Phi) is 8.71. The Morgan fingerprint density at radius 2 is 2.25 bits per heavy atom. The van der Waals surface area contributed by atoms with E-state index in [1.807, 2.05) is 18.2 Å². The van der Waals surface area contributed by atoms with Gasteiger partial charge in [0.1, 0.15) is 6.26 Å². The predicted octanol–water partition coefficient (Wildman–Crippen LogP) is 1.61. The van der Waals surface area contributed by atoms with E-state index in [1.165, 1.54) is 11.2 Å². The smallest absolute Gasteiger partial charge is 0.324 e. The number of carbonyl (C=O) groups excluding carboxylic acids is 1. The minimum Gasteiger partial charge on any atom is -0.476 e. The lowest BCUT2D eigenvalue weighted by Gasteiger charge is -2.22. The van der Waals surface area contributed by atoms with E-state index >= 15 is 0 Å². The lowest BCUT2D eigenvalue weighted by molar-refractivity contribution is 0.0696. The summed E-state index contributed by atoms with van der Waals surface area (Å²) >= 11 is 0. The topological polar surface area (TPSA) is 80.5 Å². The molecule has 1 aromatic heterocycles. The van der Waals surface area contributed by atoms with Crippen molar-refractivity contribution in [1.29, 1.82) is 0 Å². The molecule has 1 unspecified atom stereocenters. The highest BCUT2D eigenvalue weighted by Gasteiger charge is 2.25. The highest BCUT2D eigenvalue weighted by atomic mass is 35.5. The van der Waals surface area contributed by atoms with E-state index in [0.29, 0.717) is 19.5 Å². The van der Waals surface area contributed by atoms with Crippen LogP contribution in [0.1, 0.15) is 12.1 Å². The zero-order chi connectivity index (χ0) is 12.8. The summed E-state index contributed by atoms with van der Waals surface area (Å²) in [6.45, 7) is 0.857. The molecule has 1 aliphatic heterocycles. The van der Waals surface area contributed by atoms with E-state index in [4.69, 9.17) is 10.5 Å². The van der Waals surface area contributed by atoms with Crippen LogP contribution in [0.25, 0.3) is 0 Å². The number of hydrogen-bond donors (Lipinski definition) is 2. The maximum Gasteiger partial charge on any atom is 0.324 e.